The molecule has 0 radical (unpaired) electrons. The Bertz CT molecular complexity index is 697. The third-order valence-electron chi connectivity index (χ3n) is 4.66. The number of carbonyl (C=O) groups excluding carboxylic acids is 1. The molecule has 128 valence electrons. The summed E-state index contributed by atoms with van der Waals surface area (Å²) in [5.74, 6) is 0.346. The van der Waals surface area contributed by atoms with Crippen LogP contribution >= 0.6 is 11.6 Å². The highest BCUT2D eigenvalue weighted by Gasteiger charge is 2.36. The van der Waals surface area contributed by atoms with Gasteiger partial charge in [0.15, 0.2) is 0 Å². The lowest BCUT2D eigenvalue weighted by molar-refractivity contribution is -0.135. The second-order valence-corrected chi connectivity index (χ2v) is 6.73. The fourth-order valence-corrected chi connectivity index (χ4v) is 3.44. The van der Waals surface area contributed by atoms with E-state index in [9.17, 15) is 4.79 Å². The fraction of sp³-hybridized carbons (Fsp3) is 0.444. The van der Waals surface area contributed by atoms with Crippen LogP contribution in [-0.2, 0) is 18.4 Å². The van der Waals surface area contributed by atoms with E-state index in [1.165, 1.54) is 0 Å². The van der Waals surface area contributed by atoms with Crippen molar-refractivity contribution < 1.29 is 4.79 Å². The van der Waals surface area contributed by atoms with Gasteiger partial charge in [0.1, 0.15) is 0 Å². The third kappa shape index (κ3) is 3.62. The van der Waals surface area contributed by atoms with Gasteiger partial charge in [0, 0.05) is 50.4 Å². The summed E-state index contributed by atoms with van der Waals surface area (Å²) in [6, 6.07) is 7.68. The summed E-state index contributed by atoms with van der Waals surface area (Å²) >= 11 is 5.94. The maximum Gasteiger partial charge on any atom is 0.227 e. The minimum Gasteiger partial charge on any atom is -0.338 e. The van der Waals surface area contributed by atoms with Crippen LogP contribution in [0.4, 0.5) is 0 Å². The van der Waals surface area contributed by atoms with Crippen LogP contribution in [0, 0.1) is 5.92 Å². The molecule has 0 saturated carbocycles. The van der Waals surface area contributed by atoms with E-state index in [1.807, 2.05) is 55.5 Å². The van der Waals surface area contributed by atoms with Crippen LogP contribution in [0.1, 0.15) is 24.0 Å². The molecule has 1 aliphatic rings. The Hall–Kier alpha value is -1.85. The molecule has 6 heteroatoms. The van der Waals surface area contributed by atoms with Crippen molar-refractivity contribution in [1.82, 2.24) is 20.0 Å². The van der Waals surface area contributed by atoms with Gasteiger partial charge < -0.3 is 10.2 Å². The summed E-state index contributed by atoms with van der Waals surface area (Å²) < 4.78 is 1.79. The van der Waals surface area contributed by atoms with E-state index >= 15 is 0 Å². The molecule has 5 nitrogen and oxygen atoms in total. The van der Waals surface area contributed by atoms with Crippen molar-refractivity contribution in [3.63, 3.8) is 0 Å². The zero-order valence-corrected chi connectivity index (χ0v) is 14.8. The molecule has 1 amide bonds. The Morgan fingerprint density at radius 2 is 2.12 bits per heavy atom. The molecule has 1 fully saturated rings. The van der Waals surface area contributed by atoms with E-state index in [2.05, 4.69) is 10.4 Å². The first kappa shape index (κ1) is 17.0. The zero-order chi connectivity index (χ0) is 17.1. The molecule has 0 bridgehead atoms. The molecule has 1 aliphatic heterocycles. The molecule has 1 N–H and O–H groups in total. The smallest absolute Gasteiger partial charge is 0.227 e. The number of rotatable bonds is 5. The maximum atomic E-state index is 13.1. The quantitative estimate of drug-likeness (QED) is 0.904. The van der Waals surface area contributed by atoms with Crippen LogP contribution in [0.15, 0.2) is 36.7 Å². The van der Waals surface area contributed by atoms with Crippen molar-refractivity contribution in [2.75, 3.05) is 19.6 Å². The molecule has 2 heterocycles. The van der Waals surface area contributed by atoms with Gasteiger partial charge >= 0.3 is 0 Å². The summed E-state index contributed by atoms with van der Waals surface area (Å²) in [5, 5.41) is 8.32. The van der Waals surface area contributed by atoms with Gasteiger partial charge in [0.25, 0.3) is 0 Å². The molecule has 2 aromatic rings. The first-order chi connectivity index (χ1) is 11.6. The lowest BCUT2D eigenvalue weighted by Crippen LogP contribution is -2.38. The average molecular weight is 347 g/mol. The van der Waals surface area contributed by atoms with Crippen molar-refractivity contribution in [2.45, 2.75) is 19.4 Å². The summed E-state index contributed by atoms with van der Waals surface area (Å²) in [7, 11) is 1.90. The maximum absolute atomic E-state index is 13.1. The predicted octanol–water partition coefficient (Wildman–Crippen LogP) is 2.43. The van der Waals surface area contributed by atoms with Gasteiger partial charge in [0.05, 0.1) is 12.1 Å². The van der Waals surface area contributed by atoms with E-state index in [-0.39, 0.29) is 17.7 Å². The van der Waals surface area contributed by atoms with Crippen LogP contribution in [0.25, 0.3) is 0 Å². The SMILES string of the molecule is CCN(Cc1ccc(Cl)cc1)C(=O)[C@H]1CNC[C@@H]1c1cnn(C)c1. The number of hydrogen-bond donors (Lipinski definition) is 1. The highest BCUT2D eigenvalue weighted by molar-refractivity contribution is 6.30. The molecule has 2 atom stereocenters. The highest BCUT2D eigenvalue weighted by atomic mass is 35.5. The Morgan fingerprint density at radius 1 is 1.38 bits per heavy atom. The van der Waals surface area contributed by atoms with Crippen molar-refractivity contribution in [3.05, 3.63) is 52.8 Å². The standard InChI is InChI=1S/C18H23ClN4O/c1-3-23(11-13-4-6-15(19)7-5-13)18(24)17-10-20-9-16(17)14-8-21-22(2)12-14/h4-8,12,16-17,20H,3,9-11H2,1-2H3/t16-,17+/m1/s1. The van der Waals surface area contributed by atoms with Crippen LogP contribution < -0.4 is 5.32 Å². The van der Waals surface area contributed by atoms with Crippen molar-refractivity contribution in [3.8, 4) is 0 Å². The van der Waals surface area contributed by atoms with Crippen LogP contribution in [0.3, 0.4) is 0 Å². The van der Waals surface area contributed by atoms with E-state index in [4.69, 9.17) is 11.6 Å². The Labute approximate surface area is 147 Å². The first-order valence-electron chi connectivity index (χ1n) is 8.31. The van der Waals surface area contributed by atoms with Crippen LogP contribution in [0.2, 0.25) is 5.02 Å². The van der Waals surface area contributed by atoms with Gasteiger partial charge in [-0.25, -0.2) is 0 Å². The number of nitrogens with zero attached hydrogens (tertiary/aromatic N) is 3. The van der Waals surface area contributed by atoms with Gasteiger partial charge in [-0.3, -0.25) is 9.48 Å². The van der Waals surface area contributed by atoms with Crippen molar-refractivity contribution in [1.29, 1.82) is 0 Å². The van der Waals surface area contributed by atoms with Crippen LogP contribution in [0.5, 0.6) is 0 Å². The van der Waals surface area contributed by atoms with Crippen molar-refractivity contribution in [2.24, 2.45) is 13.0 Å². The number of carbonyl (C=O) groups is 1. The molecule has 0 unspecified atom stereocenters. The first-order valence-corrected chi connectivity index (χ1v) is 8.68. The lowest BCUT2D eigenvalue weighted by atomic mass is 9.89. The summed E-state index contributed by atoms with van der Waals surface area (Å²) in [4.78, 5) is 15.0. The van der Waals surface area contributed by atoms with Gasteiger partial charge in [-0.2, -0.15) is 5.10 Å². The van der Waals surface area contributed by atoms with Gasteiger partial charge in [0.2, 0.25) is 5.91 Å². The summed E-state index contributed by atoms with van der Waals surface area (Å²) in [6.07, 6.45) is 3.88. The number of hydrogen-bond acceptors (Lipinski definition) is 3. The van der Waals surface area contributed by atoms with Gasteiger partial charge in [-0.15, -0.1) is 0 Å². The molecule has 1 aromatic heterocycles. The van der Waals surface area contributed by atoms with E-state index in [0.717, 1.165) is 24.2 Å². The normalized spacial score (nSPS) is 20.3. The van der Waals surface area contributed by atoms with Gasteiger partial charge in [-0.1, -0.05) is 23.7 Å². The minimum absolute atomic E-state index is 0.0403. The molecular formula is C18H23ClN4O. The zero-order valence-electron chi connectivity index (χ0n) is 14.1. The number of aromatic nitrogens is 2. The molecule has 3 rings (SSSR count). The monoisotopic (exact) mass is 346 g/mol. The van der Waals surface area contributed by atoms with E-state index < -0.39 is 0 Å². The number of nitrogens with one attached hydrogen (secondary N) is 1. The predicted molar refractivity (Wildman–Crippen MR) is 94.9 cm³/mol. The number of amides is 1. The molecule has 0 aliphatic carbocycles. The molecular weight excluding hydrogens is 324 g/mol. The van der Waals surface area contributed by atoms with E-state index in [1.54, 1.807) is 4.68 Å². The average Bonchev–Trinajstić information content (AvgIpc) is 3.22. The second-order valence-electron chi connectivity index (χ2n) is 6.30. The number of aryl methyl sites for hydroxylation is 1. The third-order valence-corrected chi connectivity index (χ3v) is 4.92. The Morgan fingerprint density at radius 3 is 2.75 bits per heavy atom. The minimum atomic E-state index is -0.0403. The number of halogens is 1. The molecule has 1 aromatic carbocycles. The Balaban J connectivity index is 1.73. The Kier molecular flexibility index (Phi) is 5.21. The summed E-state index contributed by atoms with van der Waals surface area (Å²) in [6.45, 7) is 4.87. The lowest BCUT2D eigenvalue weighted by Gasteiger charge is -2.26. The topological polar surface area (TPSA) is 50.2 Å². The van der Waals surface area contributed by atoms with E-state index in [0.29, 0.717) is 18.1 Å². The van der Waals surface area contributed by atoms with Crippen molar-refractivity contribution >= 4 is 17.5 Å². The summed E-state index contributed by atoms with van der Waals surface area (Å²) in [5.41, 5.74) is 2.22. The molecule has 24 heavy (non-hydrogen) atoms. The number of benzene rings is 1. The van der Waals surface area contributed by atoms with Crippen LogP contribution in [-0.4, -0.2) is 40.2 Å². The second kappa shape index (κ2) is 7.36. The molecule has 0 spiro atoms. The highest BCUT2D eigenvalue weighted by Crippen LogP contribution is 2.29. The largest absolute Gasteiger partial charge is 0.338 e. The molecule has 1 saturated heterocycles. The fourth-order valence-electron chi connectivity index (χ4n) is 3.31. The van der Waals surface area contributed by atoms with Gasteiger partial charge in [-0.05, 0) is 30.2 Å².